The van der Waals surface area contributed by atoms with Crippen molar-refractivity contribution in [2.75, 3.05) is 6.61 Å². The van der Waals surface area contributed by atoms with Gasteiger partial charge >= 0.3 is 5.97 Å². The minimum absolute atomic E-state index is 0.0934. The first kappa shape index (κ1) is 15.8. The molecule has 0 spiro atoms. The predicted molar refractivity (Wildman–Crippen MR) is 64.6 cm³/mol. The van der Waals surface area contributed by atoms with E-state index < -0.39 is 0 Å². The maximum atomic E-state index is 11.2. The number of carbonyl (C=O) groups excluding carboxylic acids is 3. The molecule has 0 saturated carbocycles. The lowest BCUT2D eigenvalue weighted by Gasteiger charge is -2.03. The molecule has 4 nitrogen and oxygen atoms in total. The van der Waals surface area contributed by atoms with Gasteiger partial charge < -0.3 is 9.53 Å². The highest BCUT2D eigenvalue weighted by Gasteiger charge is 2.04. The Labute approximate surface area is 103 Å². The molecule has 0 bridgehead atoms. The van der Waals surface area contributed by atoms with E-state index in [0.717, 1.165) is 12.8 Å². The fraction of sp³-hybridized carbons (Fsp3) is 0.769. The van der Waals surface area contributed by atoms with Crippen LogP contribution >= 0.6 is 0 Å². The molecule has 0 unspecified atom stereocenters. The highest BCUT2D eigenvalue weighted by Crippen LogP contribution is 2.02. The van der Waals surface area contributed by atoms with E-state index in [-0.39, 0.29) is 17.5 Å². The lowest BCUT2D eigenvalue weighted by molar-refractivity contribution is -0.143. The molecule has 0 aliphatic carbocycles. The molecule has 0 radical (unpaired) electrons. The number of hydrogen-bond donors (Lipinski definition) is 0. The molecule has 4 heteroatoms. The Kier molecular flexibility index (Phi) is 9.30. The molecule has 0 aromatic heterocycles. The van der Waals surface area contributed by atoms with Gasteiger partial charge in [0.25, 0.3) is 0 Å². The van der Waals surface area contributed by atoms with Crippen molar-refractivity contribution in [3.63, 3.8) is 0 Å². The number of carbonyl (C=O) groups is 3. The summed E-state index contributed by atoms with van der Waals surface area (Å²) in [4.78, 5) is 32.8. The van der Waals surface area contributed by atoms with Crippen molar-refractivity contribution in [3.05, 3.63) is 0 Å². The molecule has 98 valence electrons. The molecule has 0 amide bonds. The zero-order valence-electron chi connectivity index (χ0n) is 10.8. The smallest absolute Gasteiger partial charge is 0.305 e. The van der Waals surface area contributed by atoms with E-state index in [1.54, 1.807) is 0 Å². The Bertz CT molecular complexity index is 258. The third kappa shape index (κ3) is 11.1. The van der Waals surface area contributed by atoms with E-state index in [4.69, 9.17) is 4.74 Å². The Morgan fingerprint density at radius 3 is 2.24 bits per heavy atom. The Morgan fingerprint density at radius 2 is 1.65 bits per heavy atom. The van der Waals surface area contributed by atoms with Crippen molar-refractivity contribution in [2.24, 2.45) is 0 Å². The highest BCUT2D eigenvalue weighted by molar-refractivity contribution is 5.78. The van der Waals surface area contributed by atoms with Gasteiger partial charge in [-0.1, -0.05) is 6.92 Å². The number of rotatable bonds is 10. The van der Waals surface area contributed by atoms with E-state index in [0.29, 0.717) is 38.7 Å². The average Bonchev–Trinajstić information content (AvgIpc) is 2.27. The van der Waals surface area contributed by atoms with Gasteiger partial charge in [0.1, 0.15) is 11.6 Å². The molecule has 0 heterocycles. The van der Waals surface area contributed by atoms with Gasteiger partial charge in [-0.2, -0.15) is 0 Å². The quantitative estimate of drug-likeness (QED) is 0.436. The first-order valence-corrected chi connectivity index (χ1v) is 6.23. The second-order valence-electron chi connectivity index (χ2n) is 4.13. The van der Waals surface area contributed by atoms with E-state index in [1.165, 1.54) is 6.92 Å². The monoisotopic (exact) mass is 242 g/mol. The third-order valence-corrected chi connectivity index (χ3v) is 2.42. The van der Waals surface area contributed by atoms with Crippen molar-refractivity contribution in [3.8, 4) is 0 Å². The van der Waals surface area contributed by atoms with Gasteiger partial charge in [-0.25, -0.2) is 0 Å². The molecule has 0 saturated heterocycles. The van der Waals surface area contributed by atoms with E-state index in [2.05, 4.69) is 0 Å². The zero-order valence-corrected chi connectivity index (χ0v) is 10.8. The molecular formula is C13H22O4. The van der Waals surface area contributed by atoms with Crippen LogP contribution < -0.4 is 0 Å². The van der Waals surface area contributed by atoms with Crippen molar-refractivity contribution < 1.29 is 19.1 Å². The largest absolute Gasteiger partial charge is 0.466 e. The normalized spacial score (nSPS) is 10.0. The number of esters is 1. The van der Waals surface area contributed by atoms with Crippen LogP contribution in [0.25, 0.3) is 0 Å². The van der Waals surface area contributed by atoms with Crippen LogP contribution in [0.15, 0.2) is 0 Å². The molecule has 17 heavy (non-hydrogen) atoms. The highest BCUT2D eigenvalue weighted by atomic mass is 16.5. The molecule has 0 fully saturated rings. The van der Waals surface area contributed by atoms with E-state index >= 15 is 0 Å². The number of hydrogen-bond acceptors (Lipinski definition) is 4. The number of ether oxygens (including phenoxy) is 1. The van der Waals surface area contributed by atoms with Crippen LogP contribution in [0.2, 0.25) is 0 Å². The molecule has 0 aromatic rings. The summed E-state index contributed by atoms with van der Waals surface area (Å²) in [6.45, 7) is 3.73. The van der Waals surface area contributed by atoms with Crippen molar-refractivity contribution in [1.82, 2.24) is 0 Å². The standard InChI is InChI=1S/C13H22O4/c1-3-12(15)8-4-5-10-17-13(16)9-6-7-11(2)14/h3-10H2,1-2H3. The minimum Gasteiger partial charge on any atom is -0.466 e. The Morgan fingerprint density at radius 1 is 0.941 bits per heavy atom. The van der Waals surface area contributed by atoms with Crippen LogP contribution in [-0.2, 0) is 19.1 Å². The molecule has 0 aromatic carbocycles. The maximum absolute atomic E-state index is 11.2. The summed E-state index contributed by atoms with van der Waals surface area (Å²) < 4.78 is 4.98. The third-order valence-electron chi connectivity index (χ3n) is 2.42. The Hall–Kier alpha value is -1.19. The van der Waals surface area contributed by atoms with Crippen LogP contribution in [0, 0.1) is 0 Å². The van der Waals surface area contributed by atoms with Gasteiger partial charge in [0.15, 0.2) is 0 Å². The lowest BCUT2D eigenvalue weighted by Crippen LogP contribution is -2.07. The molecule has 0 rings (SSSR count). The minimum atomic E-state index is -0.256. The fourth-order valence-corrected chi connectivity index (χ4v) is 1.34. The van der Waals surface area contributed by atoms with E-state index in [9.17, 15) is 14.4 Å². The fourth-order valence-electron chi connectivity index (χ4n) is 1.34. The van der Waals surface area contributed by atoms with E-state index in [1.807, 2.05) is 6.92 Å². The van der Waals surface area contributed by atoms with Crippen molar-refractivity contribution in [2.45, 2.75) is 58.8 Å². The van der Waals surface area contributed by atoms with Gasteiger partial charge in [-0.15, -0.1) is 0 Å². The predicted octanol–water partition coefficient (Wildman–Crippen LogP) is 2.44. The number of Topliss-reactive ketones (excluding diaryl/α,β-unsaturated/α-hetero) is 2. The molecule has 0 aliphatic heterocycles. The zero-order chi connectivity index (χ0) is 13.1. The number of unbranched alkanes of at least 4 members (excludes halogenated alkanes) is 1. The van der Waals surface area contributed by atoms with Crippen molar-refractivity contribution in [1.29, 1.82) is 0 Å². The summed E-state index contributed by atoms with van der Waals surface area (Å²) in [5, 5.41) is 0. The summed E-state index contributed by atoms with van der Waals surface area (Å²) in [6, 6.07) is 0. The average molecular weight is 242 g/mol. The Balaban J connectivity index is 3.33. The lowest BCUT2D eigenvalue weighted by atomic mass is 10.1. The molecular weight excluding hydrogens is 220 g/mol. The SMILES string of the molecule is CCC(=O)CCCCOC(=O)CCCC(C)=O. The second-order valence-corrected chi connectivity index (χ2v) is 4.13. The van der Waals surface area contributed by atoms with Gasteiger partial charge in [0.2, 0.25) is 0 Å². The summed E-state index contributed by atoms with van der Waals surface area (Å²) in [5.41, 5.74) is 0. The van der Waals surface area contributed by atoms with Gasteiger partial charge in [0, 0.05) is 25.7 Å². The van der Waals surface area contributed by atoms with Crippen molar-refractivity contribution >= 4 is 17.5 Å². The van der Waals surface area contributed by atoms with Gasteiger partial charge in [-0.05, 0) is 26.2 Å². The summed E-state index contributed by atoms with van der Waals surface area (Å²) in [6.07, 6.45) is 3.93. The summed E-state index contributed by atoms with van der Waals surface area (Å²) >= 11 is 0. The van der Waals surface area contributed by atoms with Crippen LogP contribution in [-0.4, -0.2) is 24.1 Å². The first-order valence-electron chi connectivity index (χ1n) is 6.23. The summed E-state index contributed by atoms with van der Waals surface area (Å²) in [7, 11) is 0. The van der Waals surface area contributed by atoms with Gasteiger partial charge in [-0.3, -0.25) is 9.59 Å². The van der Waals surface area contributed by atoms with Gasteiger partial charge in [0.05, 0.1) is 6.61 Å². The van der Waals surface area contributed by atoms with Crippen LogP contribution in [0.3, 0.4) is 0 Å². The molecule has 0 N–H and O–H groups in total. The van der Waals surface area contributed by atoms with Crippen LogP contribution in [0.4, 0.5) is 0 Å². The number of ketones is 2. The maximum Gasteiger partial charge on any atom is 0.305 e. The summed E-state index contributed by atoms with van der Waals surface area (Å²) in [5.74, 6) is 0.0849. The first-order chi connectivity index (χ1) is 8.06. The van der Waals surface area contributed by atoms with Crippen LogP contribution in [0.5, 0.6) is 0 Å². The van der Waals surface area contributed by atoms with Crippen LogP contribution in [0.1, 0.15) is 58.8 Å². The topological polar surface area (TPSA) is 60.4 Å². The molecule has 0 aliphatic rings. The molecule has 0 atom stereocenters. The second kappa shape index (κ2) is 10.00.